The van der Waals surface area contributed by atoms with Gasteiger partial charge >= 0.3 is 0 Å². The van der Waals surface area contributed by atoms with Gasteiger partial charge in [0, 0.05) is 20.2 Å². The minimum Gasteiger partial charge on any atom is -0.135 e. The van der Waals surface area contributed by atoms with Crippen molar-refractivity contribution in [2.45, 2.75) is 0 Å². The molecule has 0 radical (unpaired) electrons. The van der Waals surface area contributed by atoms with Gasteiger partial charge in [0.05, 0.1) is 0 Å². The summed E-state index contributed by atoms with van der Waals surface area (Å²) in [5.74, 6) is 0. The highest BCUT2D eigenvalue weighted by atomic mass is 32.1. The summed E-state index contributed by atoms with van der Waals surface area (Å²) >= 11 is 1.91. The first kappa shape index (κ1) is 32.7. The summed E-state index contributed by atoms with van der Waals surface area (Å²) in [4.78, 5) is 0. The highest BCUT2D eigenvalue weighted by Crippen LogP contribution is 2.51. The lowest BCUT2D eigenvalue weighted by Crippen LogP contribution is -1.92. The summed E-state index contributed by atoms with van der Waals surface area (Å²) in [7, 11) is 0. The predicted octanol–water partition coefficient (Wildman–Crippen LogP) is 17.0. The molecule has 0 bridgehead atoms. The van der Waals surface area contributed by atoms with Gasteiger partial charge in [0.2, 0.25) is 0 Å². The SMILES string of the molecule is c1ccc(-c2ccc3c4c(cccc24)-c2ccccc2-3)c(-c2ccc(-c3c4ccccc4c(-c4cccc5sc6c7ccccc7ccc6c45)c4ccccc34)cc2)c1. The molecule has 0 saturated carbocycles. The number of fused-ring (bicyclic) bond motifs is 10. The molecule has 12 aromatic rings. The van der Waals surface area contributed by atoms with Crippen LogP contribution in [0, 0.1) is 0 Å². The molecule has 1 aliphatic rings. The van der Waals surface area contributed by atoms with E-state index in [0.717, 1.165) is 0 Å². The maximum Gasteiger partial charge on any atom is 0.0434 e. The predicted molar refractivity (Wildman–Crippen MR) is 256 cm³/mol. The summed E-state index contributed by atoms with van der Waals surface area (Å²) in [5.41, 5.74) is 15.4. The molecule has 0 saturated heterocycles. The fourth-order valence-corrected chi connectivity index (χ4v) is 11.6. The molecule has 11 aromatic carbocycles. The number of rotatable bonds is 4. The summed E-state index contributed by atoms with van der Waals surface area (Å²) in [6.45, 7) is 0. The Balaban J connectivity index is 0.979. The molecule has 0 amide bonds. The van der Waals surface area contributed by atoms with Gasteiger partial charge in [-0.1, -0.05) is 200 Å². The van der Waals surface area contributed by atoms with E-state index in [1.807, 2.05) is 11.3 Å². The zero-order valence-electron chi connectivity index (χ0n) is 32.0. The molecule has 1 heteroatoms. The summed E-state index contributed by atoms with van der Waals surface area (Å²) < 4.78 is 2.68. The van der Waals surface area contributed by atoms with E-state index in [2.05, 4.69) is 206 Å². The van der Waals surface area contributed by atoms with E-state index in [9.17, 15) is 0 Å². The van der Waals surface area contributed by atoms with Crippen LogP contribution in [0.3, 0.4) is 0 Å². The van der Waals surface area contributed by atoms with Crippen molar-refractivity contribution in [1.29, 1.82) is 0 Å². The molecular weight excluding hydrogens is 729 g/mol. The van der Waals surface area contributed by atoms with Gasteiger partial charge < -0.3 is 0 Å². The first-order valence-electron chi connectivity index (χ1n) is 20.4. The zero-order valence-corrected chi connectivity index (χ0v) is 32.9. The molecule has 272 valence electrons. The van der Waals surface area contributed by atoms with Crippen molar-refractivity contribution in [3.05, 3.63) is 206 Å². The standard InChI is InChI=1S/C58H34S/c1-2-15-39-35(13-1)31-32-52-57-51(25-12-26-53(57)59-58(39)52)56-48-21-9-7-19-46(48)54(47-20-8-10-22-49(47)56)37-29-27-36(28-30-37)38-14-3-4-16-40(38)43-33-34-50-42-18-6-5-17-41(42)44-23-11-24-45(43)55(44)50/h1-34H. The second-order valence-corrected chi connectivity index (χ2v) is 16.9. The number of hydrogen-bond donors (Lipinski definition) is 0. The van der Waals surface area contributed by atoms with Crippen molar-refractivity contribution in [1.82, 2.24) is 0 Å². The first-order chi connectivity index (χ1) is 29.3. The second kappa shape index (κ2) is 12.6. The number of thiophene rings is 1. The van der Waals surface area contributed by atoms with Crippen LogP contribution in [0.5, 0.6) is 0 Å². The van der Waals surface area contributed by atoms with Gasteiger partial charge in [-0.05, 0) is 116 Å². The third-order valence-corrected chi connectivity index (χ3v) is 14.0. The molecule has 0 spiro atoms. The van der Waals surface area contributed by atoms with Crippen LogP contribution < -0.4 is 0 Å². The van der Waals surface area contributed by atoms with Gasteiger partial charge in [-0.2, -0.15) is 0 Å². The Kier molecular flexibility index (Phi) is 6.98. The van der Waals surface area contributed by atoms with Crippen molar-refractivity contribution in [3.63, 3.8) is 0 Å². The van der Waals surface area contributed by atoms with E-state index in [4.69, 9.17) is 0 Å². The average molecular weight is 763 g/mol. The lowest BCUT2D eigenvalue weighted by Gasteiger charge is -2.19. The van der Waals surface area contributed by atoms with Crippen LogP contribution in [0.1, 0.15) is 0 Å². The molecule has 1 aromatic heterocycles. The summed E-state index contributed by atoms with van der Waals surface area (Å²) in [6.07, 6.45) is 0. The Morgan fingerprint density at radius 2 is 0.729 bits per heavy atom. The van der Waals surface area contributed by atoms with Gasteiger partial charge in [-0.3, -0.25) is 0 Å². The fraction of sp³-hybridized carbons (Fsp3) is 0. The first-order valence-corrected chi connectivity index (χ1v) is 21.2. The van der Waals surface area contributed by atoms with Crippen LogP contribution in [-0.2, 0) is 0 Å². The van der Waals surface area contributed by atoms with Crippen molar-refractivity contribution in [2.75, 3.05) is 0 Å². The monoisotopic (exact) mass is 762 g/mol. The van der Waals surface area contributed by atoms with Gasteiger partial charge in [-0.15, -0.1) is 11.3 Å². The number of benzene rings is 11. The Hall–Kier alpha value is -7.32. The van der Waals surface area contributed by atoms with Crippen molar-refractivity contribution in [2.24, 2.45) is 0 Å². The van der Waals surface area contributed by atoms with E-state index in [-0.39, 0.29) is 0 Å². The largest absolute Gasteiger partial charge is 0.135 e. The Labute approximate surface area is 345 Å². The quantitative estimate of drug-likeness (QED) is 0.157. The van der Waals surface area contributed by atoms with Crippen molar-refractivity contribution >= 4 is 74.6 Å². The van der Waals surface area contributed by atoms with Crippen molar-refractivity contribution in [3.8, 4) is 66.8 Å². The molecule has 0 atom stereocenters. The second-order valence-electron chi connectivity index (χ2n) is 15.8. The third kappa shape index (κ3) is 4.71. The Morgan fingerprint density at radius 3 is 1.44 bits per heavy atom. The third-order valence-electron chi connectivity index (χ3n) is 12.8. The molecule has 13 rings (SSSR count). The van der Waals surface area contributed by atoms with Crippen LogP contribution >= 0.6 is 11.3 Å². The van der Waals surface area contributed by atoms with E-state index < -0.39 is 0 Å². The highest BCUT2D eigenvalue weighted by Gasteiger charge is 2.24. The number of hydrogen-bond acceptors (Lipinski definition) is 1. The van der Waals surface area contributed by atoms with Crippen LogP contribution in [0.4, 0.5) is 0 Å². The van der Waals surface area contributed by atoms with Gasteiger partial charge in [0.1, 0.15) is 0 Å². The Bertz CT molecular complexity index is 3630. The summed E-state index contributed by atoms with van der Waals surface area (Å²) in [6, 6.07) is 76.8. The van der Waals surface area contributed by atoms with E-state index >= 15 is 0 Å². The Morgan fingerprint density at radius 1 is 0.237 bits per heavy atom. The van der Waals surface area contributed by atoms with Gasteiger partial charge in [-0.25, -0.2) is 0 Å². The topological polar surface area (TPSA) is 0 Å². The van der Waals surface area contributed by atoms with Crippen LogP contribution in [-0.4, -0.2) is 0 Å². The fourth-order valence-electron chi connectivity index (χ4n) is 10.3. The lowest BCUT2D eigenvalue weighted by molar-refractivity contribution is 1.59. The minimum absolute atomic E-state index is 1.21. The van der Waals surface area contributed by atoms with Crippen LogP contribution in [0.15, 0.2) is 206 Å². The van der Waals surface area contributed by atoms with E-state index in [1.54, 1.807) is 0 Å². The lowest BCUT2D eigenvalue weighted by atomic mass is 9.84. The average Bonchev–Trinajstić information content (AvgIpc) is 3.86. The molecule has 1 heterocycles. The van der Waals surface area contributed by atoms with Crippen molar-refractivity contribution < 1.29 is 0 Å². The van der Waals surface area contributed by atoms with Crippen LogP contribution in [0.2, 0.25) is 0 Å². The molecule has 0 aliphatic heterocycles. The van der Waals surface area contributed by atoms with Gasteiger partial charge in [0.25, 0.3) is 0 Å². The maximum atomic E-state index is 2.34. The molecule has 0 N–H and O–H groups in total. The summed E-state index contributed by atoms with van der Waals surface area (Å²) in [5, 5.41) is 13.0. The molecule has 1 aliphatic carbocycles. The molecular formula is C58H34S. The molecule has 59 heavy (non-hydrogen) atoms. The zero-order chi connectivity index (χ0) is 38.6. The van der Waals surface area contributed by atoms with E-state index in [0.29, 0.717) is 0 Å². The molecule has 0 unspecified atom stereocenters. The minimum atomic E-state index is 1.21. The van der Waals surface area contributed by atoms with E-state index in [1.165, 1.54) is 130 Å². The normalized spacial score (nSPS) is 12.1. The molecule has 0 fully saturated rings. The van der Waals surface area contributed by atoms with Gasteiger partial charge in [0.15, 0.2) is 0 Å². The maximum absolute atomic E-state index is 2.34. The highest BCUT2D eigenvalue weighted by molar-refractivity contribution is 7.26. The molecule has 0 nitrogen and oxygen atoms in total. The van der Waals surface area contributed by atoms with Crippen LogP contribution in [0.25, 0.3) is 130 Å². The smallest absolute Gasteiger partial charge is 0.0434 e.